The van der Waals surface area contributed by atoms with Crippen LogP contribution in [0.15, 0.2) is 133 Å². The summed E-state index contributed by atoms with van der Waals surface area (Å²) in [5.41, 5.74) is 9.84. The normalized spacial score (nSPS) is 13.0. The quantitative estimate of drug-likeness (QED) is 0.100. The Bertz CT molecular complexity index is 3360. The van der Waals surface area contributed by atoms with Gasteiger partial charge in [0.25, 0.3) is 0 Å². The van der Waals surface area contributed by atoms with Crippen molar-refractivity contribution in [2.75, 3.05) is 24.9 Å². The molecule has 4 nitrogen and oxygen atoms in total. The minimum Gasteiger partial charge on any atom is -0.495 e. The molecule has 10 bridgehead atoms. The third-order valence-electron chi connectivity index (χ3n) is 11.0. The molecule has 3 aliphatic rings. The molecule has 1 aromatic heterocycles. The molecule has 0 N–H and O–H groups in total. The van der Waals surface area contributed by atoms with Crippen LogP contribution in [0.1, 0.15) is 93.2 Å². The summed E-state index contributed by atoms with van der Waals surface area (Å²) in [6, 6.07) is 34.1. The van der Waals surface area contributed by atoms with E-state index in [1.807, 2.05) is 84.9 Å². The molecular weight excluding hydrogens is 959 g/mol. The second-order valence-electron chi connectivity index (χ2n) is 16.5. The van der Waals surface area contributed by atoms with E-state index in [4.69, 9.17) is 55.9 Å². The van der Waals surface area contributed by atoms with Gasteiger partial charge in [-0.3, -0.25) is 0 Å². The number of hydrogen-bond donors (Lipinski definition) is 0. The van der Waals surface area contributed by atoms with E-state index in [2.05, 4.69) is 104 Å². The Balaban J connectivity index is 0.00000115. The van der Waals surface area contributed by atoms with Crippen molar-refractivity contribution in [1.82, 2.24) is 4.48 Å². The highest BCUT2D eigenvalue weighted by Gasteiger charge is 2.52. The van der Waals surface area contributed by atoms with E-state index < -0.39 is 6.97 Å². The van der Waals surface area contributed by atoms with Crippen molar-refractivity contribution in [1.29, 1.82) is 0 Å². The number of ether oxygens (including phenoxy) is 2. The molecule has 70 heavy (non-hydrogen) atoms. The highest BCUT2D eigenvalue weighted by molar-refractivity contribution is 6.57. The van der Waals surface area contributed by atoms with Gasteiger partial charge in [0.15, 0.2) is 5.70 Å². The number of rotatable bonds is 3. The van der Waals surface area contributed by atoms with Crippen LogP contribution >= 0.6 is 46.4 Å². The number of methoxy groups -OCH3 is 2. The Hall–Kier alpha value is -7.43. The third-order valence-corrected chi connectivity index (χ3v) is 11.0. The van der Waals surface area contributed by atoms with Crippen molar-refractivity contribution in [3.8, 4) is 82.5 Å². The maximum Gasteiger partial charge on any atom is 0.737 e. The zero-order valence-electron chi connectivity index (χ0n) is 38.7. The second-order valence-corrected chi connectivity index (χ2v) is 18.1. The van der Waals surface area contributed by atoms with Gasteiger partial charge in [0.1, 0.15) is 17.7 Å². The van der Waals surface area contributed by atoms with E-state index in [1.54, 1.807) is 38.5 Å². The van der Waals surface area contributed by atoms with Gasteiger partial charge in [-0.25, -0.2) is 0 Å². The predicted molar refractivity (Wildman–Crippen MR) is 284 cm³/mol. The summed E-state index contributed by atoms with van der Waals surface area (Å²) in [5.74, 6) is 40.2. The molecule has 0 spiro atoms. The fraction of sp³-hybridized carbons (Fsp3) is 0.136. The largest absolute Gasteiger partial charge is 0.737 e. The first kappa shape index (κ1) is 50.5. The fourth-order valence-corrected chi connectivity index (χ4v) is 7.70. The monoisotopic (exact) mass is 998 g/mol. The molecule has 0 saturated carbocycles. The number of fused-ring (bicyclic) bond motifs is 12. The SMILES string of the molecule is COc1ccc2cc1C#CC#Cc1cc(ccc1OC)C#Cc1cccc(c1)C#Cc1cc(C(C)(C)C)cc(c1C1=C3C=CC=[N+]3[B-](F)(F)n3cccc31)C#Cc1cccc(c1)C#C2.ClCCl.ClCCl. The summed E-state index contributed by atoms with van der Waals surface area (Å²) in [4.78, 5) is 0. The average Bonchev–Trinajstić information content (AvgIpc) is 4.06. The highest BCUT2D eigenvalue weighted by atomic mass is 35.5. The van der Waals surface area contributed by atoms with E-state index in [-0.39, 0.29) is 16.1 Å². The van der Waals surface area contributed by atoms with Crippen LogP contribution in [0.3, 0.4) is 0 Å². The second kappa shape index (κ2) is 22.8. The zero-order chi connectivity index (χ0) is 49.8. The molecule has 0 saturated heterocycles. The van der Waals surface area contributed by atoms with Crippen molar-refractivity contribution in [2.24, 2.45) is 0 Å². The van der Waals surface area contributed by atoms with Gasteiger partial charge in [0, 0.05) is 67.9 Å². The Morgan fingerprint density at radius 1 is 0.557 bits per heavy atom. The van der Waals surface area contributed by atoms with Crippen LogP contribution < -0.4 is 9.47 Å². The number of allylic oxidation sites excluding steroid dienone is 2. The molecular formula is C59H41BCl4F2N2O2. The van der Waals surface area contributed by atoms with Crippen molar-refractivity contribution in [3.05, 3.63) is 206 Å². The van der Waals surface area contributed by atoms with Crippen molar-refractivity contribution >= 4 is 65.2 Å². The molecule has 0 unspecified atom stereocenters. The lowest BCUT2D eigenvalue weighted by Crippen LogP contribution is -2.49. The van der Waals surface area contributed by atoms with Gasteiger partial charge in [-0.1, -0.05) is 80.3 Å². The predicted octanol–water partition coefficient (Wildman–Crippen LogP) is 12.6. The Morgan fingerprint density at radius 2 is 1.00 bits per heavy atom. The van der Waals surface area contributed by atoms with Crippen LogP contribution in [0.25, 0.3) is 5.57 Å². The molecule has 2 aliphatic heterocycles. The fourth-order valence-electron chi connectivity index (χ4n) is 7.70. The van der Waals surface area contributed by atoms with E-state index in [9.17, 15) is 0 Å². The topological polar surface area (TPSA) is 26.4 Å². The van der Waals surface area contributed by atoms with Crippen molar-refractivity contribution in [3.63, 3.8) is 0 Å². The lowest BCUT2D eigenvalue weighted by molar-refractivity contribution is -0.356. The first-order valence-electron chi connectivity index (χ1n) is 21.6. The standard InChI is InChI=1S/C57H37BF2N2O2.2CH2Cl2/c1-57(2,3)50-38-48-28-24-42-14-8-12-40(34-42)20-22-44-26-30-53(63-4)46(36-44)16-6-7-17-47-37-45(27-31-54(47)64-5)23-21-41-13-9-15-43(35-41)25-29-49(39-50)55(48)56-51-18-10-32-61(51)58(59,60)62-33-11-19-52(56)62;2*2-1-3/h8-15,18-19,26-27,30-39H,1-5H3;2*1H2. The Morgan fingerprint density at radius 3 is 1.44 bits per heavy atom. The molecule has 0 amide bonds. The summed E-state index contributed by atoms with van der Waals surface area (Å²) in [6.45, 7) is 2.26. The van der Waals surface area contributed by atoms with Crippen LogP contribution in [-0.4, -0.2) is 47.0 Å². The number of aromatic nitrogens is 1. The smallest absolute Gasteiger partial charge is 0.495 e. The molecule has 5 aromatic carbocycles. The molecule has 11 heteroatoms. The summed E-state index contributed by atoms with van der Waals surface area (Å²) in [6.07, 6.45) is 6.26. The number of benzene rings is 5. The number of alkyl halides is 4. The number of nitrogens with zero attached hydrogens (tertiary/aromatic N) is 2. The lowest BCUT2D eigenvalue weighted by Gasteiger charge is -2.32. The summed E-state index contributed by atoms with van der Waals surface area (Å²) in [5, 5.41) is 0.389. The van der Waals surface area contributed by atoms with Crippen LogP contribution in [0.4, 0.5) is 8.63 Å². The van der Waals surface area contributed by atoms with Crippen LogP contribution in [0.5, 0.6) is 11.5 Å². The Kier molecular flexibility index (Phi) is 16.4. The minimum atomic E-state index is -4.14. The first-order chi connectivity index (χ1) is 33.8. The van der Waals surface area contributed by atoms with Crippen LogP contribution in [-0.2, 0) is 5.41 Å². The molecule has 6 aromatic rings. The van der Waals surface area contributed by atoms with E-state index in [1.165, 1.54) is 12.4 Å². The minimum absolute atomic E-state index is 0.194. The molecule has 0 atom stereocenters. The van der Waals surface area contributed by atoms with Gasteiger partial charge in [-0.2, -0.15) is 0 Å². The van der Waals surface area contributed by atoms with Gasteiger partial charge in [0.2, 0.25) is 0 Å². The van der Waals surface area contributed by atoms with Crippen LogP contribution in [0, 0.1) is 71.0 Å². The average molecular weight is 1000 g/mol. The number of hydrogen-bond acceptors (Lipinski definition) is 2. The highest BCUT2D eigenvalue weighted by Crippen LogP contribution is 2.42. The zero-order valence-corrected chi connectivity index (χ0v) is 41.7. The molecule has 3 heterocycles. The molecule has 344 valence electrons. The molecule has 9 rings (SSSR count). The number of halogens is 6. The molecule has 0 fully saturated rings. The third kappa shape index (κ3) is 11.7. The maximum absolute atomic E-state index is 16.1. The van der Waals surface area contributed by atoms with E-state index in [0.29, 0.717) is 56.3 Å². The summed E-state index contributed by atoms with van der Waals surface area (Å²) in [7, 11) is 3.20. The van der Waals surface area contributed by atoms with Gasteiger partial charge >= 0.3 is 6.97 Å². The van der Waals surface area contributed by atoms with Gasteiger partial charge in [0.05, 0.1) is 41.6 Å². The van der Waals surface area contributed by atoms with Gasteiger partial charge in [-0.05, 0) is 138 Å². The summed E-state index contributed by atoms with van der Waals surface area (Å²) < 4.78 is 45.6. The molecule has 1 aliphatic carbocycles. The summed E-state index contributed by atoms with van der Waals surface area (Å²) >= 11 is 19.1. The van der Waals surface area contributed by atoms with E-state index in [0.717, 1.165) is 47.9 Å². The lowest BCUT2D eigenvalue weighted by atomic mass is 9.79. The van der Waals surface area contributed by atoms with Crippen molar-refractivity contribution < 1.29 is 22.6 Å². The molecule has 0 radical (unpaired) electrons. The van der Waals surface area contributed by atoms with Crippen molar-refractivity contribution in [2.45, 2.75) is 26.2 Å². The van der Waals surface area contributed by atoms with E-state index >= 15 is 8.63 Å². The first-order valence-corrected chi connectivity index (χ1v) is 23.8. The van der Waals surface area contributed by atoms with Gasteiger partial charge < -0.3 is 27.1 Å². The van der Waals surface area contributed by atoms with Crippen LogP contribution in [0.2, 0.25) is 0 Å². The maximum atomic E-state index is 16.1. The van der Waals surface area contributed by atoms with Gasteiger partial charge in [-0.15, -0.1) is 46.4 Å². The Labute approximate surface area is 429 Å².